The Morgan fingerprint density at radius 3 is 2.52 bits per heavy atom. The summed E-state index contributed by atoms with van der Waals surface area (Å²) in [5.74, 6) is -0.688. The predicted molar refractivity (Wildman–Crippen MR) is 106 cm³/mol. The molecule has 8 nitrogen and oxygen atoms in total. The summed E-state index contributed by atoms with van der Waals surface area (Å²) < 4.78 is 8.97. The van der Waals surface area contributed by atoms with E-state index in [-0.39, 0.29) is 17.7 Å². The Bertz CT molecular complexity index is 1080. The summed E-state index contributed by atoms with van der Waals surface area (Å²) >= 11 is 0. The summed E-state index contributed by atoms with van der Waals surface area (Å²) in [4.78, 5) is 28.3. The molecule has 8 heteroatoms. The number of nitrogens with zero attached hydrogens (tertiary/aromatic N) is 3. The highest BCUT2D eigenvalue weighted by Gasteiger charge is 2.25. The lowest BCUT2D eigenvalue weighted by molar-refractivity contribution is -0.137. The molecule has 0 bridgehead atoms. The van der Waals surface area contributed by atoms with Crippen LogP contribution in [-0.2, 0) is 25.5 Å². The number of aliphatic carboxylic acids is 1. The van der Waals surface area contributed by atoms with Crippen molar-refractivity contribution in [3.63, 3.8) is 0 Å². The van der Waals surface area contributed by atoms with Crippen LogP contribution in [0.2, 0.25) is 0 Å². The van der Waals surface area contributed by atoms with E-state index in [0.29, 0.717) is 23.6 Å². The summed E-state index contributed by atoms with van der Waals surface area (Å²) in [6.07, 6.45) is 3.19. The molecule has 2 N–H and O–H groups in total. The molecule has 0 aliphatic heterocycles. The Hall–Kier alpha value is -3.55. The third-order valence-corrected chi connectivity index (χ3v) is 4.98. The van der Waals surface area contributed by atoms with Crippen molar-refractivity contribution in [2.75, 3.05) is 0 Å². The molecule has 3 aromatic rings. The van der Waals surface area contributed by atoms with E-state index in [1.807, 2.05) is 17.8 Å². The first-order valence-electron chi connectivity index (χ1n) is 9.08. The maximum Gasteiger partial charge on any atom is 0.304 e. The van der Waals surface area contributed by atoms with Crippen LogP contribution < -0.4 is 10.3 Å². The number of hydrogen-bond donors (Lipinski definition) is 2. The van der Waals surface area contributed by atoms with Gasteiger partial charge in [0, 0.05) is 38.1 Å². The number of ether oxygens (including phenoxy) is 1. The summed E-state index contributed by atoms with van der Waals surface area (Å²) in [6, 6.07) is 8.31. The maximum absolute atomic E-state index is 12.7. The highest BCUT2D eigenvalue weighted by Crippen LogP contribution is 2.33. The summed E-state index contributed by atoms with van der Waals surface area (Å²) in [7, 11) is 3.47. The van der Waals surface area contributed by atoms with Crippen molar-refractivity contribution < 1.29 is 19.7 Å². The fourth-order valence-corrected chi connectivity index (χ4v) is 3.19. The van der Waals surface area contributed by atoms with Crippen LogP contribution in [-0.4, -0.2) is 30.3 Å². The monoisotopic (exact) mass is 397 g/mol. The topological polar surface area (TPSA) is 107 Å². The Kier molecular flexibility index (Phi) is 5.72. The molecule has 0 aliphatic rings. The van der Waals surface area contributed by atoms with Gasteiger partial charge >= 0.3 is 5.97 Å². The maximum atomic E-state index is 12.7. The van der Waals surface area contributed by atoms with Gasteiger partial charge in [0.2, 0.25) is 0 Å². The van der Waals surface area contributed by atoms with Crippen LogP contribution in [0.4, 0.5) is 0 Å². The van der Waals surface area contributed by atoms with Crippen LogP contribution in [0.15, 0.2) is 47.5 Å². The predicted octanol–water partition coefficient (Wildman–Crippen LogP) is 2.32. The van der Waals surface area contributed by atoms with Gasteiger partial charge in [0.1, 0.15) is 23.9 Å². The number of aryl methyl sites for hydroxylation is 2. The van der Waals surface area contributed by atoms with Crippen molar-refractivity contribution in [3.8, 4) is 11.5 Å². The zero-order valence-electron chi connectivity index (χ0n) is 16.5. The highest BCUT2D eigenvalue weighted by atomic mass is 16.5. The van der Waals surface area contributed by atoms with Gasteiger partial charge in [0.05, 0.1) is 12.0 Å². The van der Waals surface area contributed by atoms with E-state index in [2.05, 4.69) is 4.98 Å². The van der Waals surface area contributed by atoms with Gasteiger partial charge in [-0.3, -0.25) is 9.59 Å². The van der Waals surface area contributed by atoms with E-state index in [1.165, 1.54) is 10.6 Å². The van der Waals surface area contributed by atoms with E-state index >= 15 is 0 Å². The molecule has 0 saturated carbocycles. The van der Waals surface area contributed by atoms with E-state index < -0.39 is 17.4 Å². The van der Waals surface area contributed by atoms with Crippen molar-refractivity contribution >= 4 is 5.97 Å². The van der Waals surface area contributed by atoms with E-state index in [9.17, 15) is 19.8 Å². The SMILES string of the molecule is Cc1cc(O)c(C(CC(=O)O)c2ccc(OCc3nccn3C)cc2)c(=O)n1C. The number of carboxylic acid groups (broad SMARTS) is 1. The van der Waals surface area contributed by atoms with Crippen LogP contribution in [0.3, 0.4) is 0 Å². The first kappa shape index (κ1) is 20.2. The number of hydrogen-bond acceptors (Lipinski definition) is 5. The number of aromatic hydroxyl groups is 1. The lowest BCUT2D eigenvalue weighted by Gasteiger charge is -2.19. The summed E-state index contributed by atoms with van der Waals surface area (Å²) in [5, 5.41) is 19.7. The number of benzene rings is 1. The number of carboxylic acids is 1. The smallest absolute Gasteiger partial charge is 0.304 e. The minimum atomic E-state index is -1.06. The molecule has 152 valence electrons. The molecular formula is C21H23N3O5. The molecule has 1 aromatic carbocycles. The first-order valence-corrected chi connectivity index (χ1v) is 9.08. The molecule has 29 heavy (non-hydrogen) atoms. The molecule has 1 unspecified atom stereocenters. The Morgan fingerprint density at radius 2 is 1.93 bits per heavy atom. The highest BCUT2D eigenvalue weighted by molar-refractivity contribution is 5.69. The molecule has 1 atom stereocenters. The molecule has 0 aliphatic carbocycles. The normalized spacial score (nSPS) is 12.0. The standard InChI is InChI=1S/C21H23N3O5/c1-13-10-17(25)20(21(28)24(13)3)16(11-19(26)27)14-4-6-15(7-5-14)29-12-18-22-8-9-23(18)2/h4-10,16,25H,11-12H2,1-3H3,(H,26,27). The van der Waals surface area contributed by atoms with Crippen LogP contribution in [0.5, 0.6) is 11.5 Å². The van der Waals surface area contributed by atoms with Crippen molar-refractivity contribution in [1.82, 2.24) is 14.1 Å². The van der Waals surface area contributed by atoms with E-state index in [1.54, 1.807) is 44.4 Å². The third kappa shape index (κ3) is 4.31. The number of imidazole rings is 1. The van der Waals surface area contributed by atoms with Crippen LogP contribution in [0, 0.1) is 6.92 Å². The van der Waals surface area contributed by atoms with Gasteiger partial charge in [-0.25, -0.2) is 4.98 Å². The quantitative estimate of drug-likeness (QED) is 0.634. The summed E-state index contributed by atoms with van der Waals surface area (Å²) in [6.45, 7) is 1.99. The Labute approximate surface area is 167 Å². The van der Waals surface area contributed by atoms with Crippen molar-refractivity contribution in [1.29, 1.82) is 0 Å². The second-order valence-electron chi connectivity index (χ2n) is 6.91. The second-order valence-corrected chi connectivity index (χ2v) is 6.91. The Balaban J connectivity index is 1.90. The summed E-state index contributed by atoms with van der Waals surface area (Å²) in [5.41, 5.74) is 0.849. The lowest BCUT2D eigenvalue weighted by Crippen LogP contribution is -2.26. The zero-order chi connectivity index (χ0) is 21.1. The van der Waals surface area contributed by atoms with Gasteiger partial charge in [-0.15, -0.1) is 0 Å². The fraction of sp³-hybridized carbons (Fsp3) is 0.286. The molecular weight excluding hydrogens is 374 g/mol. The van der Waals surface area contributed by atoms with Crippen molar-refractivity contribution in [2.24, 2.45) is 14.1 Å². The van der Waals surface area contributed by atoms with Gasteiger partial charge in [0.25, 0.3) is 5.56 Å². The number of carbonyl (C=O) groups is 1. The van der Waals surface area contributed by atoms with Crippen LogP contribution in [0.25, 0.3) is 0 Å². The lowest BCUT2D eigenvalue weighted by atomic mass is 9.88. The molecule has 2 aromatic heterocycles. The van der Waals surface area contributed by atoms with Gasteiger partial charge in [-0.2, -0.15) is 0 Å². The molecule has 0 saturated heterocycles. The van der Waals surface area contributed by atoms with Crippen molar-refractivity contribution in [3.05, 3.63) is 75.7 Å². The third-order valence-electron chi connectivity index (χ3n) is 4.98. The van der Waals surface area contributed by atoms with Gasteiger partial charge in [-0.05, 0) is 30.7 Å². The van der Waals surface area contributed by atoms with Gasteiger partial charge < -0.3 is 24.1 Å². The number of pyridine rings is 1. The molecule has 2 heterocycles. The largest absolute Gasteiger partial charge is 0.507 e. The van der Waals surface area contributed by atoms with Crippen LogP contribution in [0.1, 0.15) is 35.0 Å². The van der Waals surface area contributed by atoms with Gasteiger partial charge in [-0.1, -0.05) is 12.1 Å². The average molecular weight is 397 g/mol. The first-order chi connectivity index (χ1) is 13.8. The fourth-order valence-electron chi connectivity index (χ4n) is 3.19. The molecule has 0 amide bonds. The molecule has 0 radical (unpaired) electrons. The number of rotatable bonds is 7. The minimum absolute atomic E-state index is 0.0715. The Morgan fingerprint density at radius 1 is 1.24 bits per heavy atom. The minimum Gasteiger partial charge on any atom is -0.507 e. The second kappa shape index (κ2) is 8.22. The average Bonchev–Trinajstić information content (AvgIpc) is 3.09. The van der Waals surface area contributed by atoms with Crippen LogP contribution >= 0.6 is 0 Å². The van der Waals surface area contributed by atoms with E-state index in [0.717, 1.165) is 5.82 Å². The van der Waals surface area contributed by atoms with Crippen molar-refractivity contribution in [2.45, 2.75) is 25.9 Å². The molecule has 3 rings (SSSR count). The number of aromatic nitrogens is 3. The van der Waals surface area contributed by atoms with Gasteiger partial charge in [0.15, 0.2) is 0 Å². The molecule has 0 spiro atoms. The molecule has 0 fully saturated rings. The van der Waals surface area contributed by atoms with E-state index in [4.69, 9.17) is 4.74 Å². The zero-order valence-corrected chi connectivity index (χ0v) is 16.5.